The molecule has 0 saturated heterocycles. The summed E-state index contributed by atoms with van der Waals surface area (Å²) in [5.41, 5.74) is 6.67. The van der Waals surface area contributed by atoms with Crippen LogP contribution in [0.15, 0.2) is 12.3 Å². The molecule has 1 rings (SSSR count). The Bertz CT molecular complexity index is 205. The zero-order valence-electron chi connectivity index (χ0n) is 6.22. The second-order valence-electron chi connectivity index (χ2n) is 2.29. The number of nitrogens with two attached hydrogens (primary N) is 1. The molecule has 0 aliphatic rings. The van der Waals surface area contributed by atoms with E-state index >= 15 is 0 Å². The summed E-state index contributed by atoms with van der Waals surface area (Å²) in [6.45, 7) is 1.93. The van der Waals surface area contributed by atoms with Crippen molar-refractivity contribution in [3.63, 3.8) is 0 Å². The zero-order chi connectivity index (χ0) is 7.56. The van der Waals surface area contributed by atoms with Crippen LogP contribution in [0, 0.1) is 0 Å². The highest BCUT2D eigenvalue weighted by Crippen LogP contribution is 2.15. The summed E-state index contributed by atoms with van der Waals surface area (Å²) in [6.07, 6.45) is 1.85. The lowest BCUT2D eigenvalue weighted by Gasteiger charge is -1.97. The Balaban J connectivity index is 2.78. The second-order valence-corrected chi connectivity index (χ2v) is 2.29. The molecule has 0 amide bonds. The lowest BCUT2D eigenvalue weighted by Crippen LogP contribution is -2.02. The molecule has 10 heavy (non-hydrogen) atoms. The van der Waals surface area contributed by atoms with Crippen molar-refractivity contribution < 1.29 is 4.74 Å². The van der Waals surface area contributed by atoms with Gasteiger partial charge in [-0.3, -0.25) is 0 Å². The first-order chi connectivity index (χ1) is 4.74. The van der Waals surface area contributed by atoms with Crippen molar-refractivity contribution in [3.05, 3.63) is 17.8 Å². The first-order valence-electron chi connectivity index (χ1n) is 3.22. The normalized spacial score (nSPS) is 13.1. The van der Waals surface area contributed by atoms with Crippen LogP contribution < -0.4 is 10.5 Å². The minimum atomic E-state index is 0.0696. The number of aromatic nitrogens is 1. The maximum Gasteiger partial charge on any atom is 0.190 e. The van der Waals surface area contributed by atoms with Gasteiger partial charge in [0.25, 0.3) is 0 Å². The number of hydrogen-bond donors (Lipinski definition) is 2. The maximum atomic E-state index is 5.61. The predicted octanol–water partition coefficient (Wildman–Crippen LogP) is 1.04. The van der Waals surface area contributed by atoms with E-state index in [0.717, 1.165) is 11.4 Å². The summed E-state index contributed by atoms with van der Waals surface area (Å²) in [7, 11) is 1.62. The molecule has 3 N–H and O–H groups in total. The topological polar surface area (TPSA) is 51.0 Å². The van der Waals surface area contributed by atoms with Crippen molar-refractivity contribution in [1.82, 2.24) is 4.98 Å². The van der Waals surface area contributed by atoms with Crippen LogP contribution >= 0.6 is 0 Å². The van der Waals surface area contributed by atoms with E-state index in [1.54, 1.807) is 7.11 Å². The molecule has 0 spiro atoms. The van der Waals surface area contributed by atoms with E-state index in [4.69, 9.17) is 10.5 Å². The van der Waals surface area contributed by atoms with Gasteiger partial charge in [0.2, 0.25) is 0 Å². The average Bonchev–Trinajstić information content (AvgIpc) is 2.34. The fourth-order valence-electron chi connectivity index (χ4n) is 0.770. The summed E-state index contributed by atoms with van der Waals surface area (Å²) < 4.78 is 4.93. The van der Waals surface area contributed by atoms with E-state index in [2.05, 4.69) is 4.98 Å². The molecule has 56 valence electrons. The van der Waals surface area contributed by atoms with E-state index in [1.165, 1.54) is 0 Å². The number of methoxy groups -OCH3 is 1. The number of aromatic amines is 1. The van der Waals surface area contributed by atoms with E-state index in [9.17, 15) is 0 Å². The van der Waals surface area contributed by atoms with Gasteiger partial charge in [-0.05, 0) is 12.5 Å². The summed E-state index contributed by atoms with van der Waals surface area (Å²) >= 11 is 0. The van der Waals surface area contributed by atoms with Crippen molar-refractivity contribution >= 4 is 0 Å². The summed E-state index contributed by atoms with van der Waals surface area (Å²) in [5.74, 6) is 0.757. The first kappa shape index (κ1) is 7.15. The van der Waals surface area contributed by atoms with Crippen molar-refractivity contribution in [1.29, 1.82) is 0 Å². The van der Waals surface area contributed by atoms with E-state index in [1.807, 2.05) is 19.2 Å². The third kappa shape index (κ3) is 1.30. The summed E-state index contributed by atoms with van der Waals surface area (Å²) in [6, 6.07) is 1.96. The Labute approximate surface area is 60.2 Å². The third-order valence-corrected chi connectivity index (χ3v) is 1.42. The van der Waals surface area contributed by atoms with Crippen LogP contribution in [0.2, 0.25) is 0 Å². The molecule has 3 nitrogen and oxygen atoms in total. The molecule has 1 aromatic heterocycles. The second kappa shape index (κ2) is 2.75. The maximum absolute atomic E-state index is 5.61. The highest BCUT2D eigenvalue weighted by Gasteiger charge is 2.01. The molecule has 1 atom stereocenters. The molecule has 0 fully saturated rings. The quantitative estimate of drug-likeness (QED) is 0.645. The average molecular weight is 140 g/mol. The van der Waals surface area contributed by atoms with Gasteiger partial charge in [-0.25, -0.2) is 0 Å². The highest BCUT2D eigenvalue weighted by molar-refractivity contribution is 5.23. The lowest BCUT2D eigenvalue weighted by atomic mass is 10.2. The number of hydrogen-bond acceptors (Lipinski definition) is 2. The van der Waals surface area contributed by atoms with Crippen LogP contribution in [-0.2, 0) is 0 Å². The monoisotopic (exact) mass is 140 g/mol. The van der Waals surface area contributed by atoms with Gasteiger partial charge in [0.15, 0.2) is 5.88 Å². The zero-order valence-corrected chi connectivity index (χ0v) is 6.22. The molecule has 3 heteroatoms. The number of nitrogens with one attached hydrogen (secondary N) is 1. The molecule has 0 radical (unpaired) electrons. The highest BCUT2D eigenvalue weighted by atomic mass is 16.5. The van der Waals surface area contributed by atoms with Gasteiger partial charge >= 0.3 is 0 Å². The molecule has 1 unspecified atom stereocenters. The molecule has 0 bridgehead atoms. The Hall–Kier alpha value is -0.960. The Morgan fingerprint density at radius 1 is 1.70 bits per heavy atom. The smallest absolute Gasteiger partial charge is 0.190 e. The standard InChI is InChI=1S/C7H12N2O/c1-5(8)6-3-7(10-2)9-4-6/h3-5,9H,8H2,1-2H3. The van der Waals surface area contributed by atoms with Crippen molar-refractivity contribution in [2.75, 3.05) is 7.11 Å². The van der Waals surface area contributed by atoms with Crippen molar-refractivity contribution in [3.8, 4) is 5.88 Å². The largest absolute Gasteiger partial charge is 0.482 e. The van der Waals surface area contributed by atoms with Crippen LogP contribution in [0.3, 0.4) is 0 Å². The molecular formula is C7H12N2O. The van der Waals surface area contributed by atoms with Crippen LogP contribution in [0.5, 0.6) is 5.88 Å². The molecule has 0 aliphatic heterocycles. The minimum absolute atomic E-state index is 0.0696. The minimum Gasteiger partial charge on any atom is -0.482 e. The molecule has 0 aliphatic carbocycles. The summed E-state index contributed by atoms with van der Waals surface area (Å²) in [5, 5.41) is 0. The van der Waals surface area contributed by atoms with Crippen LogP contribution in [0.25, 0.3) is 0 Å². The van der Waals surface area contributed by atoms with E-state index in [-0.39, 0.29) is 6.04 Å². The van der Waals surface area contributed by atoms with Gasteiger partial charge < -0.3 is 15.5 Å². The Morgan fingerprint density at radius 2 is 2.40 bits per heavy atom. The van der Waals surface area contributed by atoms with Crippen LogP contribution in [0.4, 0.5) is 0 Å². The molecule has 1 heterocycles. The van der Waals surface area contributed by atoms with Gasteiger partial charge in [0, 0.05) is 18.3 Å². The molecule has 1 aromatic rings. The van der Waals surface area contributed by atoms with Gasteiger partial charge in [-0.15, -0.1) is 0 Å². The van der Waals surface area contributed by atoms with Gasteiger partial charge in [0.05, 0.1) is 7.11 Å². The summed E-state index contributed by atoms with van der Waals surface area (Å²) in [4.78, 5) is 2.93. The predicted molar refractivity (Wildman–Crippen MR) is 39.9 cm³/mol. The van der Waals surface area contributed by atoms with Gasteiger partial charge in [0.1, 0.15) is 0 Å². The van der Waals surface area contributed by atoms with Crippen LogP contribution in [-0.4, -0.2) is 12.1 Å². The molecular weight excluding hydrogens is 128 g/mol. The lowest BCUT2D eigenvalue weighted by molar-refractivity contribution is 0.400. The Morgan fingerprint density at radius 3 is 2.70 bits per heavy atom. The Kier molecular flexibility index (Phi) is 1.97. The molecule has 0 aromatic carbocycles. The fraction of sp³-hybridized carbons (Fsp3) is 0.429. The van der Waals surface area contributed by atoms with Gasteiger partial charge in [-0.2, -0.15) is 0 Å². The number of rotatable bonds is 2. The van der Waals surface area contributed by atoms with Gasteiger partial charge in [-0.1, -0.05) is 0 Å². The third-order valence-electron chi connectivity index (χ3n) is 1.42. The number of H-pyrrole nitrogens is 1. The van der Waals surface area contributed by atoms with Crippen LogP contribution in [0.1, 0.15) is 18.5 Å². The van der Waals surface area contributed by atoms with E-state index < -0.39 is 0 Å². The van der Waals surface area contributed by atoms with E-state index in [0.29, 0.717) is 0 Å². The fourth-order valence-corrected chi connectivity index (χ4v) is 0.770. The molecule has 0 saturated carbocycles. The first-order valence-corrected chi connectivity index (χ1v) is 3.22. The SMILES string of the molecule is COc1cc(C(C)N)c[nH]1. The number of ether oxygens (including phenoxy) is 1. The van der Waals surface area contributed by atoms with Crippen molar-refractivity contribution in [2.45, 2.75) is 13.0 Å². The van der Waals surface area contributed by atoms with Crippen molar-refractivity contribution in [2.24, 2.45) is 5.73 Å².